The number of methoxy groups -OCH3 is 1. The van der Waals surface area contributed by atoms with Gasteiger partial charge in [-0.1, -0.05) is 12.1 Å². The van der Waals surface area contributed by atoms with Crippen molar-refractivity contribution in [2.24, 2.45) is 0 Å². The fourth-order valence-corrected chi connectivity index (χ4v) is 2.12. The lowest BCUT2D eigenvalue weighted by Crippen LogP contribution is -2.31. The van der Waals surface area contributed by atoms with Crippen LogP contribution in [-0.4, -0.2) is 19.6 Å². The third kappa shape index (κ3) is 4.46. The summed E-state index contributed by atoms with van der Waals surface area (Å²) < 4.78 is 23.5. The minimum Gasteiger partial charge on any atom is -0.493 e. The molecule has 1 amide bonds. The molecule has 0 aliphatic heterocycles. The predicted octanol–water partition coefficient (Wildman–Crippen LogP) is 2.96. The summed E-state index contributed by atoms with van der Waals surface area (Å²) in [7, 11) is 1.46. The maximum absolute atomic E-state index is 12.9. The molecule has 0 saturated carbocycles. The minimum absolute atomic E-state index is 0.201. The van der Waals surface area contributed by atoms with Gasteiger partial charge in [-0.15, -0.1) is 0 Å². The highest BCUT2D eigenvalue weighted by Gasteiger charge is 2.12. The van der Waals surface area contributed by atoms with E-state index in [4.69, 9.17) is 14.7 Å². The van der Waals surface area contributed by atoms with Crippen LogP contribution in [0.2, 0.25) is 0 Å². The first-order chi connectivity index (χ1) is 11.5. The monoisotopic (exact) mass is 328 g/mol. The lowest BCUT2D eigenvalue weighted by Gasteiger charge is -2.15. The standard InChI is InChI=1S/C18H17FN2O3/c1-12(14-4-6-15(19)7-5-14)21-18(22)11-24-16-8-3-13(10-20)9-17(16)23-2/h3-9,12H,11H2,1-2H3,(H,21,22)/t12-/m0/s1. The number of hydrogen-bond acceptors (Lipinski definition) is 4. The second-order valence-electron chi connectivity index (χ2n) is 5.11. The van der Waals surface area contributed by atoms with Crippen LogP contribution in [-0.2, 0) is 4.79 Å². The molecule has 6 heteroatoms. The van der Waals surface area contributed by atoms with Crippen molar-refractivity contribution in [3.63, 3.8) is 0 Å². The normalized spacial score (nSPS) is 11.2. The number of nitrogens with one attached hydrogen (secondary N) is 1. The average molecular weight is 328 g/mol. The first kappa shape index (κ1) is 17.3. The fraction of sp³-hybridized carbons (Fsp3) is 0.222. The van der Waals surface area contributed by atoms with Gasteiger partial charge in [-0.05, 0) is 36.8 Å². The van der Waals surface area contributed by atoms with Gasteiger partial charge in [-0.2, -0.15) is 5.26 Å². The second kappa shape index (κ2) is 7.97. The van der Waals surface area contributed by atoms with Crippen LogP contribution in [0.5, 0.6) is 11.5 Å². The van der Waals surface area contributed by atoms with Gasteiger partial charge in [0.15, 0.2) is 18.1 Å². The molecule has 0 aromatic heterocycles. The van der Waals surface area contributed by atoms with Gasteiger partial charge in [0, 0.05) is 6.07 Å². The molecule has 1 atom stereocenters. The van der Waals surface area contributed by atoms with E-state index < -0.39 is 0 Å². The van der Waals surface area contributed by atoms with Gasteiger partial charge in [0.25, 0.3) is 5.91 Å². The summed E-state index contributed by atoms with van der Waals surface area (Å²) in [5, 5.41) is 11.6. The Hall–Kier alpha value is -3.07. The van der Waals surface area contributed by atoms with E-state index in [-0.39, 0.29) is 24.4 Å². The summed E-state index contributed by atoms with van der Waals surface area (Å²) in [5.41, 5.74) is 1.23. The van der Waals surface area contributed by atoms with Crippen LogP contribution in [0.1, 0.15) is 24.1 Å². The zero-order valence-electron chi connectivity index (χ0n) is 13.4. The molecule has 2 aromatic rings. The van der Waals surface area contributed by atoms with Gasteiger partial charge in [0.2, 0.25) is 0 Å². The summed E-state index contributed by atoms with van der Waals surface area (Å²) in [6.45, 7) is 1.60. The molecule has 0 saturated heterocycles. The van der Waals surface area contributed by atoms with Gasteiger partial charge in [-0.3, -0.25) is 4.79 Å². The molecule has 1 N–H and O–H groups in total. The maximum atomic E-state index is 12.9. The van der Waals surface area contributed by atoms with E-state index in [1.807, 2.05) is 6.07 Å². The van der Waals surface area contributed by atoms with E-state index in [9.17, 15) is 9.18 Å². The molecule has 2 rings (SSSR count). The molecule has 2 aromatic carbocycles. The molecular formula is C18H17FN2O3. The smallest absolute Gasteiger partial charge is 0.258 e. The fourth-order valence-electron chi connectivity index (χ4n) is 2.12. The summed E-state index contributed by atoms with van der Waals surface area (Å²) in [6.07, 6.45) is 0. The van der Waals surface area contributed by atoms with Gasteiger partial charge in [0.1, 0.15) is 5.82 Å². The van der Waals surface area contributed by atoms with Gasteiger partial charge < -0.3 is 14.8 Å². The van der Waals surface area contributed by atoms with Crippen molar-refractivity contribution in [1.82, 2.24) is 5.32 Å². The van der Waals surface area contributed by atoms with Crippen LogP contribution in [0.3, 0.4) is 0 Å². The number of amides is 1. The van der Waals surface area contributed by atoms with Crippen LogP contribution < -0.4 is 14.8 Å². The Bertz CT molecular complexity index is 754. The molecule has 0 bridgehead atoms. The molecule has 124 valence electrons. The first-order valence-electron chi connectivity index (χ1n) is 7.29. The average Bonchev–Trinajstić information content (AvgIpc) is 2.60. The number of hydrogen-bond donors (Lipinski definition) is 1. The zero-order chi connectivity index (χ0) is 17.5. The van der Waals surface area contributed by atoms with Crippen molar-refractivity contribution in [3.8, 4) is 17.6 Å². The molecule has 0 aliphatic carbocycles. The Morgan fingerprint density at radius 2 is 1.96 bits per heavy atom. The number of nitrogens with zero attached hydrogens (tertiary/aromatic N) is 1. The zero-order valence-corrected chi connectivity index (χ0v) is 13.4. The van der Waals surface area contributed by atoms with Crippen LogP contribution in [0.4, 0.5) is 4.39 Å². The minimum atomic E-state index is -0.325. The van der Waals surface area contributed by atoms with E-state index in [0.717, 1.165) is 5.56 Å². The topological polar surface area (TPSA) is 71.3 Å². The second-order valence-corrected chi connectivity index (χ2v) is 5.11. The van der Waals surface area contributed by atoms with E-state index in [1.54, 1.807) is 31.2 Å². The summed E-state index contributed by atoms with van der Waals surface area (Å²) in [5.74, 6) is 0.112. The van der Waals surface area contributed by atoms with Crippen molar-refractivity contribution in [3.05, 3.63) is 59.4 Å². The number of carbonyl (C=O) groups excluding carboxylic acids is 1. The molecular weight excluding hydrogens is 311 g/mol. The summed E-state index contributed by atoms with van der Waals surface area (Å²) in [4.78, 5) is 12.0. The Morgan fingerprint density at radius 3 is 2.58 bits per heavy atom. The van der Waals surface area contributed by atoms with Crippen LogP contribution in [0.25, 0.3) is 0 Å². The molecule has 5 nitrogen and oxygen atoms in total. The maximum Gasteiger partial charge on any atom is 0.258 e. The van der Waals surface area contributed by atoms with Crippen molar-refractivity contribution < 1.29 is 18.7 Å². The molecule has 0 radical (unpaired) electrons. The Kier molecular flexibility index (Phi) is 5.74. The molecule has 0 unspecified atom stereocenters. The lowest BCUT2D eigenvalue weighted by atomic mass is 10.1. The third-order valence-corrected chi connectivity index (χ3v) is 3.40. The SMILES string of the molecule is COc1cc(C#N)ccc1OCC(=O)N[C@@H](C)c1ccc(F)cc1. The largest absolute Gasteiger partial charge is 0.493 e. The van der Waals surface area contributed by atoms with Crippen LogP contribution in [0, 0.1) is 17.1 Å². The highest BCUT2D eigenvalue weighted by atomic mass is 19.1. The molecule has 24 heavy (non-hydrogen) atoms. The Morgan fingerprint density at radius 1 is 1.25 bits per heavy atom. The van der Waals surface area contributed by atoms with Crippen molar-refractivity contribution >= 4 is 5.91 Å². The molecule has 0 heterocycles. The van der Waals surface area contributed by atoms with E-state index in [2.05, 4.69) is 5.32 Å². The summed E-state index contributed by atoms with van der Waals surface area (Å²) in [6, 6.07) is 12.3. The van der Waals surface area contributed by atoms with Gasteiger partial charge in [0.05, 0.1) is 24.8 Å². The van der Waals surface area contributed by atoms with Gasteiger partial charge >= 0.3 is 0 Å². The predicted molar refractivity (Wildman–Crippen MR) is 86.2 cm³/mol. The highest BCUT2D eigenvalue weighted by molar-refractivity contribution is 5.78. The number of halogens is 1. The Balaban J connectivity index is 1.93. The number of nitriles is 1. The van der Waals surface area contributed by atoms with Crippen LogP contribution in [0.15, 0.2) is 42.5 Å². The number of ether oxygens (including phenoxy) is 2. The van der Waals surface area contributed by atoms with E-state index >= 15 is 0 Å². The van der Waals surface area contributed by atoms with Crippen molar-refractivity contribution in [1.29, 1.82) is 5.26 Å². The highest BCUT2D eigenvalue weighted by Crippen LogP contribution is 2.27. The quantitative estimate of drug-likeness (QED) is 0.885. The first-order valence-corrected chi connectivity index (χ1v) is 7.29. The lowest BCUT2D eigenvalue weighted by molar-refractivity contribution is -0.123. The third-order valence-electron chi connectivity index (χ3n) is 3.40. The van der Waals surface area contributed by atoms with Crippen molar-refractivity contribution in [2.75, 3.05) is 13.7 Å². The Labute approximate surface area is 139 Å². The number of rotatable bonds is 6. The van der Waals surface area contributed by atoms with E-state index in [1.165, 1.54) is 25.3 Å². The van der Waals surface area contributed by atoms with Crippen molar-refractivity contribution in [2.45, 2.75) is 13.0 Å². The van der Waals surface area contributed by atoms with Gasteiger partial charge in [-0.25, -0.2) is 4.39 Å². The molecule has 0 fully saturated rings. The van der Waals surface area contributed by atoms with E-state index in [0.29, 0.717) is 17.1 Å². The summed E-state index contributed by atoms with van der Waals surface area (Å²) >= 11 is 0. The molecule has 0 aliphatic rings. The number of benzene rings is 2. The van der Waals surface area contributed by atoms with Crippen LogP contribution >= 0.6 is 0 Å². The number of carbonyl (C=O) groups is 1. The molecule has 0 spiro atoms.